The maximum absolute atomic E-state index is 14.3. The molecule has 0 atom stereocenters. The Morgan fingerprint density at radius 3 is 1.08 bits per heavy atom. The predicted octanol–water partition coefficient (Wildman–Crippen LogP) is 6.20. The molecule has 3 aromatic rings. The average Bonchev–Trinajstić information content (AvgIpc) is 2.91. The van der Waals surface area contributed by atoms with E-state index in [2.05, 4.69) is 6.92 Å². The second kappa shape index (κ2) is 12.4. The van der Waals surface area contributed by atoms with Gasteiger partial charge in [0.25, 0.3) is 3.41 Å². The van der Waals surface area contributed by atoms with Crippen molar-refractivity contribution in [1.29, 1.82) is 0 Å². The monoisotopic (exact) mass is 562 g/mol. The van der Waals surface area contributed by atoms with E-state index < -0.39 is 39.3 Å². The largest absolute Gasteiger partial charge is 0.285 e. The third kappa shape index (κ3) is 5.68. The summed E-state index contributed by atoms with van der Waals surface area (Å²) in [6.07, 6.45) is 4.92. The van der Waals surface area contributed by atoms with E-state index in [4.69, 9.17) is 0 Å². The number of hydrogen-bond donors (Lipinski definition) is 0. The van der Waals surface area contributed by atoms with Crippen LogP contribution in [0.4, 0.5) is 0 Å². The van der Waals surface area contributed by atoms with E-state index >= 15 is 0 Å². The summed E-state index contributed by atoms with van der Waals surface area (Å²) in [5, 5.41) is 0. The van der Waals surface area contributed by atoms with E-state index in [0.717, 1.165) is 32.1 Å². The van der Waals surface area contributed by atoms with Crippen molar-refractivity contribution in [1.82, 2.24) is 0 Å². The van der Waals surface area contributed by atoms with Gasteiger partial charge in [-0.15, -0.1) is 0 Å². The van der Waals surface area contributed by atoms with E-state index in [1.54, 1.807) is 18.2 Å². The first kappa shape index (κ1) is 29.1. The fourth-order valence-electron chi connectivity index (χ4n) is 4.47. The van der Waals surface area contributed by atoms with Crippen LogP contribution < -0.4 is 0 Å². The highest BCUT2D eigenvalue weighted by atomic mass is 32.3. The van der Waals surface area contributed by atoms with Gasteiger partial charge in [0, 0.05) is 0 Å². The molecule has 9 heteroatoms. The van der Waals surface area contributed by atoms with Crippen LogP contribution in [0.15, 0.2) is 106 Å². The van der Waals surface area contributed by atoms with E-state index in [9.17, 15) is 25.3 Å². The van der Waals surface area contributed by atoms with Gasteiger partial charge in [0.15, 0.2) is 0 Å². The summed E-state index contributed by atoms with van der Waals surface area (Å²) in [6, 6.07) is 21.0. The number of rotatable bonds is 14. The molecule has 0 aromatic heterocycles. The molecule has 0 heterocycles. The summed E-state index contributed by atoms with van der Waals surface area (Å²) in [6.45, 7) is 2.10. The molecule has 6 nitrogen and oxygen atoms in total. The van der Waals surface area contributed by atoms with Crippen molar-refractivity contribution in [3.8, 4) is 0 Å². The van der Waals surface area contributed by atoms with Crippen LogP contribution in [0.1, 0.15) is 58.3 Å². The molecule has 0 aliphatic heterocycles. The second-order valence-corrected chi connectivity index (χ2v) is 16.3. The minimum atomic E-state index is -4.95. The summed E-state index contributed by atoms with van der Waals surface area (Å²) < 4.78 is 82.9. The third-order valence-electron chi connectivity index (χ3n) is 6.48. The van der Waals surface area contributed by atoms with Gasteiger partial charge in [-0.05, 0) is 49.2 Å². The van der Waals surface area contributed by atoms with Gasteiger partial charge in [-0.2, -0.15) is 0 Å². The molecule has 0 spiro atoms. The number of benzene rings is 3. The van der Waals surface area contributed by atoms with E-state index in [1.165, 1.54) is 72.8 Å². The highest BCUT2D eigenvalue weighted by Crippen LogP contribution is 2.46. The predicted molar refractivity (Wildman–Crippen MR) is 146 cm³/mol. The lowest BCUT2D eigenvalue weighted by Crippen LogP contribution is -2.52. The van der Waals surface area contributed by atoms with Crippen molar-refractivity contribution in [2.24, 2.45) is 0 Å². The lowest BCUT2D eigenvalue weighted by Gasteiger charge is -2.33. The fraction of sp³-hybridized carbons (Fsp3) is 0.357. The molecular weight excluding hydrogens is 529 g/mol. The van der Waals surface area contributed by atoms with Gasteiger partial charge in [0.1, 0.15) is 0 Å². The molecule has 0 unspecified atom stereocenters. The number of sulfone groups is 3. The Kier molecular flexibility index (Phi) is 9.72. The first-order valence-electron chi connectivity index (χ1n) is 12.5. The molecule has 3 rings (SSSR count). The van der Waals surface area contributed by atoms with Gasteiger partial charge in [-0.1, -0.05) is 100 Å². The van der Waals surface area contributed by atoms with Crippen LogP contribution in [0, 0.1) is 0 Å². The van der Waals surface area contributed by atoms with Crippen LogP contribution in [0.3, 0.4) is 0 Å². The summed E-state index contributed by atoms with van der Waals surface area (Å²) in [5.74, 6) is 0. The van der Waals surface area contributed by atoms with Gasteiger partial charge in [-0.25, -0.2) is 25.3 Å². The number of unbranched alkanes of at least 4 members (excludes halogenated alkanes) is 6. The maximum atomic E-state index is 14.3. The van der Waals surface area contributed by atoms with Crippen LogP contribution in [0.5, 0.6) is 0 Å². The van der Waals surface area contributed by atoms with Crippen LogP contribution in [-0.4, -0.2) is 28.7 Å². The van der Waals surface area contributed by atoms with Crippen molar-refractivity contribution in [2.45, 2.75) is 76.4 Å². The Bertz CT molecular complexity index is 1280. The zero-order chi connectivity index (χ0) is 27.0. The van der Waals surface area contributed by atoms with Crippen LogP contribution in [0.2, 0.25) is 0 Å². The first-order valence-corrected chi connectivity index (χ1v) is 17.0. The average molecular weight is 563 g/mol. The second-order valence-electron chi connectivity index (χ2n) is 9.00. The number of hydrogen-bond acceptors (Lipinski definition) is 6. The molecule has 3 aromatic carbocycles. The van der Waals surface area contributed by atoms with Crippen LogP contribution in [0.25, 0.3) is 0 Å². The van der Waals surface area contributed by atoms with Crippen molar-refractivity contribution < 1.29 is 25.3 Å². The van der Waals surface area contributed by atoms with Gasteiger partial charge in [0.2, 0.25) is 29.5 Å². The van der Waals surface area contributed by atoms with Crippen LogP contribution >= 0.6 is 0 Å². The quantitative estimate of drug-likeness (QED) is 0.217. The molecule has 0 saturated heterocycles. The lowest BCUT2D eigenvalue weighted by atomic mass is 10.1. The van der Waals surface area contributed by atoms with E-state index in [1.807, 2.05) is 0 Å². The Hall–Kier alpha value is -2.49. The highest BCUT2D eigenvalue weighted by Gasteiger charge is 2.65. The first-order chi connectivity index (χ1) is 17.6. The van der Waals surface area contributed by atoms with Gasteiger partial charge >= 0.3 is 0 Å². The standard InChI is InChI=1S/C28H34O6S3/c1-2-3-4-5-6-7-17-24-28(35(29,30)25-18-11-8-12-19-25,36(31,32)26-20-13-9-14-21-26)37(33,34)27-22-15-10-16-23-27/h8-16,18-23H,2-7,17,24H2,1H3. The molecule has 0 amide bonds. The van der Waals surface area contributed by atoms with Gasteiger partial charge in [0.05, 0.1) is 14.7 Å². The van der Waals surface area contributed by atoms with E-state index in [0.29, 0.717) is 6.42 Å². The van der Waals surface area contributed by atoms with Crippen molar-refractivity contribution in [3.05, 3.63) is 91.0 Å². The van der Waals surface area contributed by atoms with Gasteiger partial charge < -0.3 is 0 Å². The summed E-state index contributed by atoms with van der Waals surface area (Å²) in [7, 11) is -14.9. The molecule has 0 saturated carbocycles. The zero-order valence-corrected chi connectivity index (χ0v) is 23.4. The summed E-state index contributed by atoms with van der Waals surface area (Å²) in [5.41, 5.74) is 0. The fourth-order valence-corrected chi connectivity index (χ4v) is 13.5. The SMILES string of the molecule is CCCCCCCCCC(S(=O)(=O)c1ccccc1)(S(=O)(=O)c1ccccc1)S(=O)(=O)c1ccccc1. The molecule has 200 valence electrons. The van der Waals surface area contributed by atoms with Crippen molar-refractivity contribution >= 4 is 29.5 Å². The Balaban J connectivity index is 2.27. The lowest BCUT2D eigenvalue weighted by molar-refractivity contribution is 0.522. The van der Waals surface area contributed by atoms with Crippen molar-refractivity contribution in [3.63, 3.8) is 0 Å². The Labute approximate surface area is 221 Å². The molecule has 0 aliphatic rings. The van der Waals surface area contributed by atoms with Crippen LogP contribution in [-0.2, 0) is 29.5 Å². The Morgan fingerprint density at radius 1 is 0.459 bits per heavy atom. The topological polar surface area (TPSA) is 102 Å². The molecule has 0 radical (unpaired) electrons. The maximum Gasteiger partial charge on any atom is 0.285 e. The minimum absolute atomic E-state index is 0.121. The van der Waals surface area contributed by atoms with Crippen molar-refractivity contribution in [2.75, 3.05) is 0 Å². The highest BCUT2D eigenvalue weighted by molar-refractivity contribution is 8.25. The molecule has 37 heavy (non-hydrogen) atoms. The van der Waals surface area contributed by atoms with Gasteiger partial charge in [-0.3, -0.25) is 0 Å². The van der Waals surface area contributed by atoms with E-state index in [-0.39, 0.29) is 21.1 Å². The molecule has 0 aliphatic carbocycles. The molecule has 0 bridgehead atoms. The molecule has 0 fully saturated rings. The molecule has 0 N–H and O–H groups in total. The summed E-state index contributed by atoms with van der Waals surface area (Å²) >= 11 is 0. The Morgan fingerprint density at radius 2 is 0.757 bits per heavy atom. The third-order valence-corrected chi connectivity index (χ3v) is 16.2. The molecular formula is C28H34O6S3. The minimum Gasteiger partial charge on any atom is -0.221 e. The zero-order valence-electron chi connectivity index (χ0n) is 21.0. The smallest absolute Gasteiger partial charge is 0.221 e. The summed E-state index contributed by atoms with van der Waals surface area (Å²) in [4.78, 5) is -1.05. The normalized spacial score (nSPS) is 12.9.